The summed E-state index contributed by atoms with van der Waals surface area (Å²) < 4.78 is 15.6. The van der Waals surface area contributed by atoms with Gasteiger partial charge >= 0.3 is 5.97 Å². The standard InChI is InChI=1S/C15H13NO5S/c1-9(21-15(18)13-3-2-6-22-13)14(17)16-10-4-5-11-12(7-10)20-8-19-11/h2-7,9H,8H2,1H3,(H,16,17). The summed E-state index contributed by atoms with van der Waals surface area (Å²) in [6.07, 6.45) is -0.903. The van der Waals surface area contributed by atoms with Crippen LogP contribution in [0, 0.1) is 0 Å². The van der Waals surface area contributed by atoms with Gasteiger partial charge in [0, 0.05) is 11.8 Å². The molecule has 0 radical (unpaired) electrons. The molecule has 1 N–H and O–H groups in total. The van der Waals surface area contributed by atoms with Crippen LogP contribution in [-0.4, -0.2) is 24.8 Å². The molecular weight excluding hydrogens is 306 g/mol. The summed E-state index contributed by atoms with van der Waals surface area (Å²) in [5.41, 5.74) is 0.549. The third kappa shape index (κ3) is 3.04. The molecule has 3 rings (SSSR count). The Labute approximate surface area is 130 Å². The zero-order chi connectivity index (χ0) is 15.5. The number of carbonyl (C=O) groups is 2. The second-order valence-corrected chi connectivity index (χ2v) is 5.53. The molecule has 0 aliphatic carbocycles. The monoisotopic (exact) mass is 319 g/mol. The maximum atomic E-state index is 12.1. The molecule has 1 atom stereocenters. The molecule has 1 amide bonds. The number of fused-ring (bicyclic) bond motifs is 1. The van der Waals surface area contributed by atoms with Crippen LogP contribution in [0.5, 0.6) is 11.5 Å². The molecule has 7 heteroatoms. The minimum atomic E-state index is -0.903. The normalized spacial score (nSPS) is 13.5. The van der Waals surface area contributed by atoms with E-state index in [0.29, 0.717) is 22.1 Å². The Balaban J connectivity index is 1.60. The Bertz CT molecular complexity index is 698. The van der Waals surface area contributed by atoms with Crippen LogP contribution in [0.15, 0.2) is 35.7 Å². The molecule has 1 aromatic heterocycles. The first-order valence-electron chi connectivity index (χ1n) is 6.58. The number of esters is 1. The number of rotatable bonds is 4. The fraction of sp³-hybridized carbons (Fsp3) is 0.200. The van der Waals surface area contributed by atoms with Crippen LogP contribution < -0.4 is 14.8 Å². The molecular formula is C15H13NO5S. The summed E-state index contributed by atoms with van der Waals surface area (Å²) >= 11 is 1.27. The van der Waals surface area contributed by atoms with E-state index in [9.17, 15) is 9.59 Å². The molecule has 2 aromatic rings. The van der Waals surface area contributed by atoms with Crippen LogP contribution in [0.3, 0.4) is 0 Å². The molecule has 2 heterocycles. The Morgan fingerprint density at radius 1 is 1.27 bits per heavy atom. The molecule has 6 nitrogen and oxygen atoms in total. The molecule has 1 aromatic carbocycles. The average molecular weight is 319 g/mol. The van der Waals surface area contributed by atoms with Gasteiger partial charge in [0.05, 0.1) is 0 Å². The molecule has 1 aliphatic rings. The summed E-state index contributed by atoms with van der Waals surface area (Å²) in [5, 5.41) is 4.45. The van der Waals surface area contributed by atoms with E-state index in [1.807, 2.05) is 0 Å². The number of ether oxygens (including phenoxy) is 3. The minimum absolute atomic E-state index is 0.168. The maximum Gasteiger partial charge on any atom is 0.349 e. The van der Waals surface area contributed by atoms with Gasteiger partial charge in [-0.05, 0) is 30.5 Å². The topological polar surface area (TPSA) is 73.9 Å². The first kappa shape index (κ1) is 14.4. The Hall–Kier alpha value is -2.54. The van der Waals surface area contributed by atoms with E-state index in [1.165, 1.54) is 18.3 Å². The number of nitrogens with one attached hydrogen (secondary N) is 1. The van der Waals surface area contributed by atoms with Gasteiger partial charge in [0.1, 0.15) is 4.88 Å². The van der Waals surface area contributed by atoms with Gasteiger partial charge in [0.15, 0.2) is 17.6 Å². The lowest BCUT2D eigenvalue weighted by atomic mass is 10.2. The molecule has 0 fully saturated rings. The van der Waals surface area contributed by atoms with Crippen molar-refractivity contribution in [2.75, 3.05) is 12.1 Å². The van der Waals surface area contributed by atoms with E-state index in [4.69, 9.17) is 14.2 Å². The summed E-state index contributed by atoms with van der Waals surface area (Å²) in [7, 11) is 0. The van der Waals surface area contributed by atoms with Crippen LogP contribution >= 0.6 is 11.3 Å². The lowest BCUT2D eigenvalue weighted by Crippen LogP contribution is -2.29. The maximum absolute atomic E-state index is 12.1. The summed E-state index contributed by atoms with van der Waals surface area (Å²) in [6, 6.07) is 8.46. The van der Waals surface area contributed by atoms with Crippen LogP contribution in [0.2, 0.25) is 0 Å². The van der Waals surface area contributed by atoms with E-state index in [1.54, 1.807) is 35.7 Å². The predicted octanol–water partition coefficient (Wildman–Crippen LogP) is 2.66. The first-order chi connectivity index (χ1) is 10.6. The SMILES string of the molecule is CC(OC(=O)c1cccs1)C(=O)Nc1ccc2c(c1)OCO2. The fourth-order valence-corrected chi connectivity index (χ4v) is 2.49. The number of thiophene rings is 1. The number of hydrogen-bond acceptors (Lipinski definition) is 6. The van der Waals surface area contributed by atoms with Gasteiger partial charge in [-0.25, -0.2) is 4.79 Å². The molecule has 114 valence electrons. The molecule has 0 bridgehead atoms. The van der Waals surface area contributed by atoms with E-state index in [-0.39, 0.29) is 6.79 Å². The highest BCUT2D eigenvalue weighted by Gasteiger charge is 2.20. The summed E-state index contributed by atoms with van der Waals surface area (Å²) in [5.74, 6) is 0.281. The number of anilines is 1. The summed E-state index contributed by atoms with van der Waals surface area (Å²) in [4.78, 5) is 24.3. The zero-order valence-electron chi connectivity index (χ0n) is 11.7. The highest BCUT2D eigenvalue weighted by molar-refractivity contribution is 7.11. The van der Waals surface area contributed by atoms with E-state index >= 15 is 0 Å². The van der Waals surface area contributed by atoms with E-state index in [0.717, 1.165) is 0 Å². The second kappa shape index (κ2) is 6.07. The van der Waals surface area contributed by atoms with Crippen molar-refractivity contribution in [1.82, 2.24) is 0 Å². The van der Waals surface area contributed by atoms with Crippen LogP contribution in [0.1, 0.15) is 16.6 Å². The molecule has 1 aliphatic heterocycles. The third-order valence-electron chi connectivity index (χ3n) is 3.02. The Morgan fingerprint density at radius 2 is 2.09 bits per heavy atom. The molecule has 1 unspecified atom stereocenters. The van der Waals surface area contributed by atoms with Gasteiger partial charge in [0.2, 0.25) is 6.79 Å². The molecule has 22 heavy (non-hydrogen) atoms. The van der Waals surface area contributed by atoms with E-state index in [2.05, 4.69) is 5.32 Å². The second-order valence-electron chi connectivity index (χ2n) is 4.58. The smallest absolute Gasteiger partial charge is 0.349 e. The lowest BCUT2D eigenvalue weighted by Gasteiger charge is -2.13. The quantitative estimate of drug-likeness (QED) is 0.877. The fourth-order valence-electron chi connectivity index (χ4n) is 1.89. The highest BCUT2D eigenvalue weighted by Crippen LogP contribution is 2.34. The van der Waals surface area contributed by atoms with Gasteiger partial charge in [-0.2, -0.15) is 0 Å². The van der Waals surface area contributed by atoms with Crippen molar-refractivity contribution in [3.8, 4) is 11.5 Å². The van der Waals surface area contributed by atoms with Crippen molar-refractivity contribution < 1.29 is 23.8 Å². The van der Waals surface area contributed by atoms with Crippen molar-refractivity contribution in [3.05, 3.63) is 40.6 Å². The number of hydrogen-bond donors (Lipinski definition) is 1. The van der Waals surface area contributed by atoms with Crippen LogP contribution in [0.4, 0.5) is 5.69 Å². The number of amides is 1. The summed E-state index contributed by atoms with van der Waals surface area (Å²) in [6.45, 7) is 1.69. The number of carbonyl (C=O) groups excluding carboxylic acids is 2. The van der Waals surface area contributed by atoms with Crippen molar-refractivity contribution in [3.63, 3.8) is 0 Å². The van der Waals surface area contributed by atoms with Gasteiger partial charge < -0.3 is 19.5 Å². The van der Waals surface area contributed by atoms with Gasteiger partial charge in [-0.15, -0.1) is 11.3 Å². The minimum Gasteiger partial charge on any atom is -0.454 e. The third-order valence-corrected chi connectivity index (χ3v) is 3.87. The van der Waals surface area contributed by atoms with Crippen LogP contribution in [-0.2, 0) is 9.53 Å². The molecule has 0 saturated heterocycles. The average Bonchev–Trinajstić information content (AvgIpc) is 3.18. The Morgan fingerprint density at radius 3 is 2.86 bits per heavy atom. The lowest BCUT2D eigenvalue weighted by molar-refractivity contribution is -0.123. The molecule has 0 spiro atoms. The van der Waals surface area contributed by atoms with Crippen molar-refractivity contribution in [2.45, 2.75) is 13.0 Å². The van der Waals surface area contributed by atoms with Crippen LogP contribution in [0.25, 0.3) is 0 Å². The predicted molar refractivity (Wildman–Crippen MR) is 80.4 cm³/mol. The van der Waals surface area contributed by atoms with E-state index < -0.39 is 18.0 Å². The van der Waals surface area contributed by atoms with Crippen molar-refractivity contribution >= 4 is 28.9 Å². The Kier molecular flexibility index (Phi) is 3.97. The highest BCUT2D eigenvalue weighted by atomic mass is 32.1. The zero-order valence-corrected chi connectivity index (χ0v) is 12.5. The van der Waals surface area contributed by atoms with Crippen molar-refractivity contribution in [1.29, 1.82) is 0 Å². The van der Waals surface area contributed by atoms with Gasteiger partial charge in [-0.3, -0.25) is 4.79 Å². The van der Waals surface area contributed by atoms with Gasteiger partial charge in [-0.1, -0.05) is 6.07 Å². The van der Waals surface area contributed by atoms with Gasteiger partial charge in [0.25, 0.3) is 5.91 Å². The largest absolute Gasteiger partial charge is 0.454 e. The first-order valence-corrected chi connectivity index (χ1v) is 7.46. The molecule has 0 saturated carbocycles. The number of benzene rings is 1. The van der Waals surface area contributed by atoms with Crippen molar-refractivity contribution in [2.24, 2.45) is 0 Å².